The molecule has 3 nitrogen and oxygen atoms in total. The zero-order chi connectivity index (χ0) is 11.8. The Kier molecular flexibility index (Phi) is 2.54. The lowest BCUT2D eigenvalue weighted by molar-refractivity contribution is 0.0698. The average molecular weight is 231 g/mol. The summed E-state index contributed by atoms with van der Waals surface area (Å²) in [5.74, 6) is 0.833. The van der Waals surface area contributed by atoms with E-state index in [1.165, 1.54) is 25.7 Å². The van der Waals surface area contributed by atoms with E-state index < -0.39 is 5.97 Å². The van der Waals surface area contributed by atoms with Crippen LogP contribution in [0.15, 0.2) is 24.3 Å². The number of nitrogens with one attached hydrogen (secondary N) is 1. The molecule has 3 atom stereocenters. The first-order valence-corrected chi connectivity index (χ1v) is 6.34. The number of hydrogen-bond acceptors (Lipinski definition) is 2. The highest BCUT2D eigenvalue weighted by Gasteiger charge is 2.45. The molecule has 3 rings (SSSR count). The van der Waals surface area contributed by atoms with Crippen LogP contribution < -0.4 is 5.32 Å². The third kappa shape index (κ3) is 2.02. The van der Waals surface area contributed by atoms with Crippen molar-refractivity contribution >= 4 is 11.7 Å². The molecule has 17 heavy (non-hydrogen) atoms. The molecule has 0 aliphatic heterocycles. The van der Waals surface area contributed by atoms with Crippen molar-refractivity contribution < 1.29 is 9.90 Å². The second-order valence-corrected chi connectivity index (χ2v) is 5.19. The van der Waals surface area contributed by atoms with Gasteiger partial charge in [-0.3, -0.25) is 0 Å². The SMILES string of the molecule is O=C(O)c1ccccc1NC1CCCC2CC21. The van der Waals surface area contributed by atoms with Gasteiger partial charge in [0.25, 0.3) is 0 Å². The van der Waals surface area contributed by atoms with Gasteiger partial charge in [-0.15, -0.1) is 0 Å². The summed E-state index contributed by atoms with van der Waals surface area (Å²) in [5.41, 5.74) is 1.16. The molecule has 2 fully saturated rings. The monoisotopic (exact) mass is 231 g/mol. The molecule has 3 unspecified atom stereocenters. The molecule has 1 aromatic rings. The van der Waals surface area contributed by atoms with Crippen molar-refractivity contribution in [2.75, 3.05) is 5.32 Å². The number of benzene rings is 1. The molecular weight excluding hydrogens is 214 g/mol. The molecule has 2 aliphatic rings. The minimum absolute atomic E-state index is 0.385. The summed E-state index contributed by atoms with van der Waals surface area (Å²) in [6.45, 7) is 0. The topological polar surface area (TPSA) is 49.3 Å². The molecule has 0 aromatic heterocycles. The smallest absolute Gasteiger partial charge is 0.337 e. The van der Waals surface area contributed by atoms with Crippen LogP contribution in [0, 0.1) is 11.8 Å². The Bertz CT molecular complexity index is 444. The second-order valence-electron chi connectivity index (χ2n) is 5.19. The van der Waals surface area contributed by atoms with Crippen molar-refractivity contribution in [1.82, 2.24) is 0 Å². The number of fused-ring (bicyclic) bond motifs is 1. The summed E-state index contributed by atoms with van der Waals surface area (Å²) in [6.07, 6.45) is 5.14. The van der Waals surface area contributed by atoms with Crippen molar-refractivity contribution in [3.63, 3.8) is 0 Å². The van der Waals surface area contributed by atoms with Gasteiger partial charge in [0.05, 0.1) is 5.56 Å². The summed E-state index contributed by atoms with van der Waals surface area (Å²) in [7, 11) is 0. The molecule has 2 saturated carbocycles. The van der Waals surface area contributed by atoms with Crippen LogP contribution in [-0.4, -0.2) is 17.1 Å². The molecule has 0 saturated heterocycles. The number of aromatic carboxylic acids is 1. The largest absolute Gasteiger partial charge is 0.478 e. The van der Waals surface area contributed by atoms with Crippen LogP contribution in [0.1, 0.15) is 36.0 Å². The van der Waals surface area contributed by atoms with E-state index >= 15 is 0 Å². The number of carbonyl (C=O) groups is 1. The highest BCUT2D eigenvalue weighted by molar-refractivity contribution is 5.94. The fourth-order valence-electron chi connectivity index (χ4n) is 3.08. The zero-order valence-electron chi connectivity index (χ0n) is 9.73. The minimum atomic E-state index is -0.851. The van der Waals surface area contributed by atoms with Crippen molar-refractivity contribution in [2.24, 2.45) is 11.8 Å². The molecule has 90 valence electrons. The Balaban J connectivity index is 1.78. The molecule has 1 aromatic carbocycles. The van der Waals surface area contributed by atoms with Crippen LogP contribution in [0.5, 0.6) is 0 Å². The zero-order valence-corrected chi connectivity index (χ0v) is 9.73. The van der Waals surface area contributed by atoms with Gasteiger partial charge in [0, 0.05) is 11.7 Å². The molecule has 0 heterocycles. The average Bonchev–Trinajstić information content (AvgIpc) is 3.09. The molecule has 0 spiro atoms. The molecular formula is C14H17NO2. The van der Waals surface area contributed by atoms with Crippen LogP contribution in [0.2, 0.25) is 0 Å². The Hall–Kier alpha value is -1.51. The first-order chi connectivity index (χ1) is 8.25. The first kappa shape index (κ1) is 10.6. The maximum Gasteiger partial charge on any atom is 0.337 e. The molecule has 0 amide bonds. The van der Waals surface area contributed by atoms with E-state index in [0.29, 0.717) is 11.6 Å². The maximum absolute atomic E-state index is 11.1. The van der Waals surface area contributed by atoms with Gasteiger partial charge in [0.2, 0.25) is 0 Å². The summed E-state index contributed by atoms with van der Waals surface area (Å²) < 4.78 is 0. The highest BCUT2D eigenvalue weighted by atomic mass is 16.4. The maximum atomic E-state index is 11.1. The number of rotatable bonds is 3. The Morgan fingerprint density at radius 2 is 2.12 bits per heavy atom. The van der Waals surface area contributed by atoms with Gasteiger partial charge < -0.3 is 10.4 Å². The molecule has 0 radical (unpaired) electrons. The van der Waals surface area contributed by atoms with Crippen LogP contribution in [-0.2, 0) is 0 Å². The van der Waals surface area contributed by atoms with Crippen LogP contribution in [0.25, 0.3) is 0 Å². The van der Waals surface area contributed by atoms with E-state index in [4.69, 9.17) is 5.11 Å². The molecule has 3 heteroatoms. The number of carboxylic acids is 1. The normalized spacial score (nSPS) is 30.5. The fourth-order valence-corrected chi connectivity index (χ4v) is 3.08. The van der Waals surface area contributed by atoms with E-state index in [1.807, 2.05) is 12.1 Å². The van der Waals surface area contributed by atoms with E-state index in [0.717, 1.165) is 17.5 Å². The van der Waals surface area contributed by atoms with Crippen LogP contribution in [0.3, 0.4) is 0 Å². The van der Waals surface area contributed by atoms with Crippen molar-refractivity contribution in [1.29, 1.82) is 0 Å². The van der Waals surface area contributed by atoms with Gasteiger partial charge in [-0.25, -0.2) is 4.79 Å². The number of hydrogen-bond donors (Lipinski definition) is 2. The standard InChI is InChI=1S/C14H17NO2/c16-14(17)10-5-1-2-6-12(10)15-13-7-3-4-9-8-11(9)13/h1-2,5-6,9,11,13,15H,3-4,7-8H2,(H,16,17). The lowest BCUT2D eigenvalue weighted by atomic mass is 9.95. The van der Waals surface area contributed by atoms with Gasteiger partial charge in [0.15, 0.2) is 0 Å². The third-order valence-electron chi connectivity index (χ3n) is 4.08. The second kappa shape index (κ2) is 4.06. The highest BCUT2D eigenvalue weighted by Crippen LogP contribution is 2.50. The summed E-state index contributed by atoms with van der Waals surface area (Å²) in [4.78, 5) is 11.1. The van der Waals surface area contributed by atoms with Gasteiger partial charge in [-0.05, 0) is 36.8 Å². The number of carboxylic acid groups (broad SMARTS) is 1. The van der Waals surface area contributed by atoms with Crippen molar-refractivity contribution in [2.45, 2.75) is 31.7 Å². The van der Waals surface area contributed by atoms with E-state index in [9.17, 15) is 4.79 Å². The van der Waals surface area contributed by atoms with Crippen molar-refractivity contribution in [3.8, 4) is 0 Å². The molecule has 2 N–H and O–H groups in total. The summed E-state index contributed by atoms with van der Waals surface area (Å²) in [5, 5.41) is 12.6. The predicted molar refractivity (Wildman–Crippen MR) is 66.3 cm³/mol. The molecule has 2 aliphatic carbocycles. The van der Waals surface area contributed by atoms with Gasteiger partial charge in [-0.1, -0.05) is 25.0 Å². The lowest BCUT2D eigenvalue weighted by Gasteiger charge is -2.24. The minimum Gasteiger partial charge on any atom is -0.478 e. The van der Waals surface area contributed by atoms with E-state index in [-0.39, 0.29) is 0 Å². The Morgan fingerprint density at radius 1 is 1.29 bits per heavy atom. The molecule has 0 bridgehead atoms. The van der Waals surface area contributed by atoms with Gasteiger partial charge >= 0.3 is 5.97 Å². The fraction of sp³-hybridized carbons (Fsp3) is 0.500. The third-order valence-corrected chi connectivity index (χ3v) is 4.08. The quantitative estimate of drug-likeness (QED) is 0.840. The predicted octanol–water partition coefficient (Wildman–Crippen LogP) is 2.99. The van der Waals surface area contributed by atoms with Crippen LogP contribution in [0.4, 0.5) is 5.69 Å². The first-order valence-electron chi connectivity index (χ1n) is 6.34. The lowest BCUT2D eigenvalue weighted by Crippen LogP contribution is -2.26. The van der Waals surface area contributed by atoms with Crippen LogP contribution >= 0.6 is 0 Å². The van der Waals surface area contributed by atoms with Gasteiger partial charge in [-0.2, -0.15) is 0 Å². The van der Waals surface area contributed by atoms with Crippen molar-refractivity contribution in [3.05, 3.63) is 29.8 Å². The number of para-hydroxylation sites is 1. The Labute approximate surface area is 101 Å². The number of anilines is 1. The van der Waals surface area contributed by atoms with E-state index in [2.05, 4.69) is 5.32 Å². The Morgan fingerprint density at radius 3 is 2.94 bits per heavy atom. The summed E-state index contributed by atoms with van der Waals surface area (Å²) in [6, 6.07) is 7.68. The summed E-state index contributed by atoms with van der Waals surface area (Å²) >= 11 is 0. The van der Waals surface area contributed by atoms with Gasteiger partial charge in [0.1, 0.15) is 0 Å². The van der Waals surface area contributed by atoms with E-state index in [1.54, 1.807) is 12.1 Å².